The van der Waals surface area contributed by atoms with E-state index in [0.717, 1.165) is 26.2 Å². The zero-order valence-electron chi connectivity index (χ0n) is 12.4. The van der Waals surface area contributed by atoms with Gasteiger partial charge >= 0.3 is 0 Å². The number of nitrogens with zero attached hydrogens (tertiary/aromatic N) is 1. The fraction of sp³-hybridized carbons (Fsp3) is 0.600. The number of amides is 2. The molecule has 2 heterocycles. The first kappa shape index (κ1) is 15.7. The Balaban J connectivity index is 1.77. The van der Waals surface area contributed by atoms with E-state index in [0.29, 0.717) is 5.92 Å². The molecule has 1 aromatic rings. The van der Waals surface area contributed by atoms with Crippen molar-refractivity contribution < 1.29 is 14.0 Å². The Morgan fingerprint density at radius 1 is 1.52 bits per heavy atom. The molecule has 2 N–H and O–H groups in total. The Labute approximate surface area is 124 Å². The predicted molar refractivity (Wildman–Crippen MR) is 78.9 cm³/mol. The van der Waals surface area contributed by atoms with Gasteiger partial charge in [-0.3, -0.25) is 19.8 Å². The standard InChI is InChI=1S/C15H23N3O3/c1-2-18(10-12-5-3-7-16-9-12)11-14(19)17-15(20)13-6-4-8-21-13/h4,6,8,12,16H,2-3,5,7,9-11H2,1H3,(H,17,19,20). The van der Waals surface area contributed by atoms with Crippen LogP contribution in [0.15, 0.2) is 22.8 Å². The molecule has 6 heteroatoms. The van der Waals surface area contributed by atoms with Gasteiger partial charge in [-0.2, -0.15) is 0 Å². The maximum Gasteiger partial charge on any atom is 0.293 e. The molecule has 0 spiro atoms. The maximum atomic E-state index is 11.9. The van der Waals surface area contributed by atoms with Crippen molar-refractivity contribution in [3.8, 4) is 0 Å². The third-order valence-corrected chi connectivity index (χ3v) is 3.73. The van der Waals surface area contributed by atoms with Crippen LogP contribution in [0.2, 0.25) is 0 Å². The molecule has 0 aromatic carbocycles. The fourth-order valence-electron chi connectivity index (χ4n) is 2.59. The highest BCUT2D eigenvalue weighted by molar-refractivity contribution is 6.03. The van der Waals surface area contributed by atoms with Crippen molar-refractivity contribution in [2.24, 2.45) is 5.92 Å². The number of nitrogens with one attached hydrogen (secondary N) is 2. The van der Waals surface area contributed by atoms with E-state index in [1.807, 2.05) is 6.92 Å². The largest absolute Gasteiger partial charge is 0.459 e. The lowest BCUT2D eigenvalue weighted by molar-refractivity contribution is -0.121. The maximum absolute atomic E-state index is 11.9. The molecular formula is C15H23N3O3. The Morgan fingerprint density at radius 2 is 2.38 bits per heavy atom. The van der Waals surface area contributed by atoms with Crippen molar-refractivity contribution in [2.75, 3.05) is 32.7 Å². The summed E-state index contributed by atoms with van der Waals surface area (Å²) in [6.07, 6.45) is 3.79. The first-order chi connectivity index (χ1) is 10.2. The van der Waals surface area contributed by atoms with Crippen LogP contribution >= 0.6 is 0 Å². The Morgan fingerprint density at radius 3 is 3.00 bits per heavy atom. The summed E-state index contributed by atoms with van der Waals surface area (Å²) in [6.45, 7) is 6.02. The van der Waals surface area contributed by atoms with Crippen molar-refractivity contribution in [3.63, 3.8) is 0 Å². The van der Waals surface area contributed by atoms with E-state index in [-0.39, 0.29) is 18.2 Å². The Kier molecular flexibility index (Phi) is 5.95. The summed E-state index contributed by atoms with van der Waals surface area (Å²) in [7, 11) is 0. The molecule has 1 aromatic heterocycles. The highest BCUT2D eigenvalue weighted by Crippen LogP contribution is 2.11. The Bertz CT molecular complexity index is 453. The number of hydrogen-bond acceptors (Lipinski definition) is 5. The lowest BCUT2D eigenvalue weighted by Gasteiger charge is -2.28. The highest BCUT2D eigenvalue weighted by atomic mass is 16.3. The third-order valence-electron chi connectivity index (χ3n) is 3.73. The molecule has 0 aliphatic carbocycles. The van der Waals surface area contributed by atoms with Crippen molar-refractivity contribution in [2.45, 2.75) is 19.8 Å². The molecule has 116 valence electrons. The van der Waals surface area contributed by atoms with Crippen LogP contribution < -0.4 is 10.6 Å². The van der Waals surface area contributed by atoms with Crippen LogP contribution in [0.3, 0.4) is 0 Å². The van der Waals surface area contributed by atoms with Crippen LogP contribution in [0.5, 0.6) is 0 Å². The van der Waals surface area contributed by atoms with Crippen LogP contribution in [-0.4, -0.2) is 49.4 Å². The van der Waals surface area contributed by atoms with E-state index in [1.165, 1.54) is 25.2 Å². The van der Waals surface area contributed by atoms with Crippen LogP contribution in [0, 0.1) is 5.92 Å². The van der Waals surface area contributed by atoms with Gasteiger partial charge in [-0.05, 0) is 50.5 Å². The normalized spacial score (nSPS) is 18.7. The SMILES string of the molecule is CCN(CC(=O)NC(=O)c1ccco1)CC1CCCNC1. The van der Waals surface area contributed by atoms with Gasteiger partial charge in [0, 0.05) is 6.54 Å². The number of hydrogen-bond donors (Lipinski definition) is 2. The van der Waals surface area contributed by atoms with Crippen molar-refractivity contribution in [1.82, 2.24) is 15.5 Å². The van der Waals surface area contributed by atoms with E-state index < -0.39 is 5.91 Å². The lowest BCUT2D eigenvalue weighted by Crippen LogP contribution is -2.44. The van der Waals surface area contributed by atoms with Gasteiger partial charge in [-0.15, -0.1) is 0 Å². The molecule has 1 unspecified atom stereocenters. The average Bonchev–Trinajstić information content (AvgIpc) is 3.02. The number of furan rings is 1. The summed E-state index contributed by atoms with van der Waals surface area (Å²) < 4.78 is 4.96. The number of piperidine rings is 1. The van der Waals surface area contributed by atoms with Gasteiger partial charge in [0.25, 0.3) is 5.91 Å². The zero-order chi connectivity index (χ0) is 15.1. The summed E-state index contributed by atoms with van der Waals surface area (Å²) in [4.78, 5) is 25.7. The molecule has 2 amide bonds. The molecule has 0 radical (unpaired) electrons. The number of carbonyl (C=O) groups excluding carboxylic acids is 2. The quantitative estimate of drug-likeness (QED) is 0.813. The second-order valence-corrected chi connectivity index (χ2v) is 5.39. The summed E-state index contributed by atoms with van der Waals surface area (Å²) in [5.41, 5.74) is 0. The van der Waals surface area contributed by atoms with Crippen molar-refractivity contribution >= 4 is 11.8 Å². The van der Waals surface area contributed by atoms with Gasteiger partial charge in [0.15, 0.2) is 5.76 Å². The van der Waals surface area contributed by atoms with E-state index in [4.69, 9.17) is 4.42 Å². The first-order valence-corrected chi connectivity index (χ1v) is 7.49. The molecule has 2 rings (SSSR count). The summed E-state index contributed by atoms with van der Waals surface area (Å²) >= 11 is 0. The van der Waals surface area contributed by atoms with E-state index in [9.17, 15) is 9.59 Å². The molecule has 0 bridgehead atoms. The van der Waals surface area contributed by atoms with E-state index >= 15 is 0 Å². The smallest absolute Gasteiger partial charge is 0.293 e. The van der Waals surface area contributed by atoms with Gasteiger partial charge in [-0.1, -0.05) is 6.92 Å². The first-order valence-electron chi connectivity index (χ1n) is 7.49. The number of likely N-dealkylation sites (N-methyl/N-ethyl adjacent to an activating group) is 1. The van der Waals surface area contributed by atoms with Crippen molar-refractivity contribution in [1.29, 1.82) is 0 Å². The van der Waals surface area contributed by atoms with Crippen LogP contribution in [0.4, 0.5) is 0 Å². The topological polar surface area (TPSA) is 74.6 Å². The average molecular weight is 293 g/mol. The minimum Gasteiger partial charge on any atom is -0.459 e. The summed E-state index contributed by atoms with van der Waals surface area (Å²) in [5.74, 6) is -0.0439. The Hall–Kier alpha value is -1.66. The van der Waals surface area contributed by atoms with Crippen LogP contribution in [-0.2, 0) is 4.79 Å². The molecule has 1 aliphatic heterocycles. The highest BCUT2D eigenvalue weighted by Gasteiger charge is 2.19. The van der Waals surface area contributed by atoms with E-state index in [1.54, 1.807) is 6.07 Å². The number of rotatable bonds is 6. The minimum absolute atomic E-state index is 0.155. The fourth-order valence-corrected chi connectivity index (χ4v) is 2.59. The molecule has 1 atom stereocenters. The van der Waals surface area contributed by atoms with Gasteiger partial charge in [0.1, 0.15) is 0 Å². The molecule has 0 saturated carbocycles. The van der Waals surface area contributed by atoms with Crippen LogP contribution in [0.25, 0.3) is 0 Å². The number of carbonyl (C=O) groups is 2. The summed E-state index contributed by atoms with van der Waals surface area (Å²) in [5, 5.41) is 5.73. The second-order valence-electron chi connectivity index (χ2n) is 5.39. The third kappa shape index (κ3) is 4.99. The molecule has 1 fully saturated rings. The molecule has 6 nitrogen and oxygen atoms in total. The van der Waals surface area contributed by atoms with Crippen LogP contribution in [0.1, 0.15) is 30.3 Å². The van der Waals surface area contributed by atoms with Gasteiger partial charge in [-0.25, -0.2) is 0 Å². The molecule has 21 heavy (non-hydrogen) atoms. The van der Waals surface area contributed by atoms with Gasteiger partial charge in [0.2, 0.25) is 5.91 Å². The lowest BCUT2D eigenvalue weighted by atomic mass is 9.99. The summed E-state index contributed by atoms with van der Waals surface area (Å²) in [6, 6.07) is 3.15. The zero-order valence-corrected chi connectivity index (χ0v) is 12.4. The van der Waals surface area contributed by atoms with Crippen molar-refractivity contribution in [3.05, 3.63) is 24.2 Å². The molecule has 1 aliphatic rings. The van der Waals surface area contributed by atoms with Gasteiger partial charge in [0.05, 0.1) is 12.8 Å². The molecule has 1 saturated heterocycles. The van der Waals surface area contributed by atoms with E-state index in [2.05, 4.69) is 15.5 Å². The number of imide groups is 1. The monoisotopic (exact) mass is 293 g/mol. The minimum atomic E-state index is -0.486. The molecular weight excluding hydrogens is 270 g/mol. The second kappa shape index (κ2) is 7.95. The predicted octanol–water partition coefficient (Wildman–Crippen LogP) is 0.857. The van der Waals surface area contributed by atoms with Gasteiger partial charge < -0.3 is 9.73 Å².